The van der Waals surface area contributed by atoms with Crippen molar-refractivity contribution < 1.29 is 0 Å². The summed E-state index contributed by atoms with van der Waals surface area (Å²) in [6.45, 7) is 0. The molecule has 0 atom stereocenters. The SMILES string of the molecule is N=C(N)SCCC1CCCCC1. The summed E-state index contributed by atoms with van der Waals surface area (Å²) in [7, 11) is 0. The lowest BCUT2D eigenvalue weighted by atomic mass is 9.88. The van der Waals surface area contributed by atoms with Crippen LogP contribution in [-0.2, 0) is 0 Å². The maximum atomic E-state index is 7.05. The quantitative estimate of drug-likeness (QED) is 0.526. The predicted molar refractivity (Wildman–Crippen MR) is 55.6 cm³/mol. The molecule has 0 spiro atoms. The summed E-state index contributed by atoms with van der Waals surface area (Å²) in [5.74, 6) is 1.96. The smallest absolute Gasteiger partial charge is 0.151 e. The molecular formula is C9H18N2S. The van der Waals surface area contributed by atoms with Crippen molar-refractivity contribution in [3.05, 3.63) is 0 Å². The maximum Gasteiger partial charge on any atom is 0.151 e. The molecular weight excluding hydrogens is 168 g/mol. The van der Waals surface area contributed by atoms with Gasteiger partial charge in [0.25, 0.3) is 0 Å². The van der Waals surface area contributed by atoms with Crippen LogP contribution in [-0.4, -0.2) is 10.9 Å². The number of thioether (sulfide) groups is 1. The topological polar surface area (TPSA) is 49.9 Å². The Bertz CT molecular complexity index is 141. The number of amidine groups is 1. The molecule has 1 saturated carbocycles. The van der Waals surface area contributed by atoms with Gasteiger partial charge in [-0.25, -0.2) is 0 Å². The van der Waals surface area contributed by atoms with Gasteiger partial charge in [0.1, 0.15) is 0 Å². The minimum Gasteiger partial charge on any atom is -0.379 e. The van der Waals surface area contributed by atoms with Gasteiger partial charge in [0.15, 0.2) is 5.17 Å². The third kappa shape index (κ3) is 4.00. The molecule has 0 heterocycles. The first kappa shape index (κ1) is 9.90. The highest BCUT2D eigenvalue weighted by atomic mass is 32.2. The van der Waals surface area contributed by atoms with Gasteiger partial charge in [-0.05, 0) is 12.3 Å². The average molecular weight is 186 g/mol. The van der Waals surface area contributed by atoms with Gasteiger partial charge in [-0.2, -0.15) is 0 Å². The van der Waals surface area contributed by atoms with Gasteiger partial charge in [0.05, 0.1) is 0 Å². The van der Waals surface area contributed by atoms with E-state index in [-0.39, 0.29) is 5.17 Å². The normalized spacial score (nSPS) is 19.3. The second kappa shape index (κ2) is 5.46. The molecule has 0 aliphatic heterocycles. The Labute approximate surface area is 78.8 Å². The lowest BCUT2D eigenvalue weighted by Crippen LogP contribution is -2.10. The molecule has 3 heteroatoms. The van der Waals surface area contributed by atoms with Crippen LogP contribution in [0.3, 0.4) is 0 Å². The summed E-state index contributed by atoms with van der Waals surface area (Å²) >= 11 is 1.49. The molecule has 1 fully saturated rings. The van der Waals surface area contributed by atoms with Crippen LogP contribution in [0.25, 0.3) is 0 Å². The number of nitrogens with one attached hydrogen (secondary N) is 1. The van der Waals surface area contributed by atoms with Crippen LogP contribution in [0.5, 0.6) is 0 Å². The fourth-order valence-electron chi connectivity index (χ4n) is 1.81. The molecule has 1 aliphatic carbocycles. The van der Waals surface area contributed by atoms with Gasteiger partial charge in [0.2, 0.25) is 0 Å². The van der Waals surface area contributed by atoms with Gasteiger partial charge >= 0.3 is 0 Å². The van der Waals surface area contributed by atoms with Crippen LogP contribution in [0.4, 0.5) is 0 Å². The Morgan fingerprint density at radius 3 is 2.58 bits per heavy atom. The van der Waals surface area contributed by atoms with Crippen molar-refractivity contribution in [2.45, 2.75) is 38.5 Å². The molecule has 0 unspecified atom stereocenters. The number of hydrogen-bond acceptors (Lipinski definition) is 2. The Kier molecular flexibility index (Phi) is 4.51. The summed E-state index contributed by atoms with van der Waals surface area (Å²) in [6.07, 6.45) is 8.31. The fraction of sp³-hybridized carbons (Fsp3) is 0.889. The van der Waals surface area contributed by atoms with Crippen molar-refractivity contribution in [3.63, 3.8) is 0 Å². The fourth-order valence-corrected chi connectivity index (χ4v) is 2.48. The molecule has 1 rings (SSSR count). The zero-order valence-electron chi connectivity index (χ0n) is 7.51. The van der Waals surface area contributed by atoms with Crippen molar-refractivity contribution >= 4 is 16.9 Å². The standard InChI is InChI=1S/C9H18N2S/c10-9(11)12-7-6-8-4-2-1-3-5-8/h8H,1-7H2,(H3,10,11). The molecule has 70 valence electrons. The van der Waals surface area contributed by atoms with Crippen LogP contribution in [0.1, 0.15) is 38.5 Å². The first-order chi connectivity index (χ1) is 5.79. The summed E-state index contributed by atoms with van der Waals surface area (Å²) in [5, 5.41) is 7.32. The Morgan fingerprint density at radius 1 is 1.33 bits per heavy atom. The molecule has 0 bridgehead atoms. The van der Waals surface area contributed by atoms with Gasteiger partial charge in [-0.1, -0.05) is 43.9 Å². The molecule has 3 N–H and O–H groups in total. The van der Waals surface area contributed by atoms with Gasteiger partial charge in [-0.3, -0.25) is 5.41 Å². The summed E-state index contributed by atoms with van der Waals surface area (Å²) < 4.78 is 0. The average Bonchev–Trinajstić information content (AvgIpc) is 2.05. The van der Waals surface area contributed by atoms with Crippen molar-refractivity contribution in [2.24, 2.45) is 11.7 Å². The molecule has 0 aromatic carbocycles. The molecule has 12 heavy (non-hydrogen) atoms. The molecule has 0 aromatic heterocycles. The highest BCUT2D eigenvalue weighted by molar-refractivity contribution is 8.13. The van der Waals surface area contributed by atoms with Crippen LogP contribution < -0.4 is 5.73 Å². The molecule has 0 amide bonds. The zero-order valence-corrected chi connectivity index (χ0v) is 8.33. The highest BCUT2D eigenvalue weighted by Crippen LogP contribution is 2.27. The largest absolute Gasteiger partial charge is 0.379 e. The molecule has 0 saturated heterocycles. The molecule has 2 nitrogen and oxygen atoms in total. The van der Waals surface area contributed by atoms with E-state index in [9.17, 15) is 0 Å². The van der Waals surface area contributed by atoms with Gasteiger partial charge in [0, 0.05) is 5.75 Å². The Morgan fingerprint density at radius 2 is 2.00 bits per heavy atom. The lowest BCUT2D eigenvalue weighted by Gasteiger charge is -2.20. The molecule has 0 radical (unpaired) electrons. The van der Waals surface area contributed by atoms with E-state index in [1.165, 1.54) is 50.3 Å². The van der Waals surface area contributed by atoms with Crippen LogP contribution >= 0.6 is 11.8 Å². The van der Waals surface area contributed by atoms with Crippen LogP contribution in [0, 0.1) is 11.3 Å². The zero-order chi connectivity index (χ0) is 8.81. The van der Waals surface area contributed by atoms with Crippen molar-refractivity contribution in [1.29, 1.82) is 5.41 Å². The van der Waals surface area contributed by atoms with E-state index in [2.05, 4.69) is 0 Å². The second-order valence-corrected chi connectivity index (χ2v) is 4.64. The second-order valence-electron chi connectivity index (χ2n) is 3.51. The van der Waals surface area contributed by atoms with Gasteiger partial charge in [-0.15, -0.1) is 0 Å². The third-order valence-corrected chi connectivity index (χ3v) is 3.26. The predicted octanol–water partition coefficient (Wildman–Crippen LogP) is 2.58. The molecule has 0 aromatic rings. The maximum absolute atomic E-state index is 7.05. The van der Waals surface area contributed by atoms with Gasteiger partial charge < -0.3 is 5.73 Å². The lowest BCUT2D eigenvalue weighted by molar-refractivity contribution is 0.352. The number of rotatable bonds is 3. The number of hydrogen-bond donors (Lipinski definition) is 2. The summed E-state index contributed by atoms with van der Waals surface area (Å²) in [5.41, 5.74) is 5.25. The highest BCUT2D eigenvalue weighted by Gasteiger charge is 2.12. The minimum atomic E-state index is 0.269. The minimum absolute atomic E-state index is 0.269. The first-order valence-electron chi connectivity index (χ1n) is 4.76. The van der Waals surface area contributed by atoms with E-state index in [4.69, 9.17) is 11.1 Å². The van der Waals surface area contributed by atoms with Crippen LogP contribution in [0.2, 0.25) is 0 Å². The van der Waals surface area contributed by atoms with Crippen molar-refractivity contribution in [2.75, 3.05) is 5.75 Å². The summed E-state index contributed by atoms with van der Waals surface area (Å²) in [4.78, 5) is 0. The van der Waals surface area contributed by atoms with E-state index >= 15 is 0 Å². The van der Waals surface area contributed by atoms with Crippen molar-refractivity contribution in [3.8, 4) is 0 Å². The monoisotopic (exact) mass is 186 g/mol. The van der Waals surface area contributed by atoms with E-state index in [0.29, 0.717) is 0 Å². The van der Waals surface area contributed by atoms with E-state index in [1.807, 2.05) is 0 Å². The van der Waals surface area contributed by atoms with Crippen LogP contribution in [0.15, 0.2) is 0 Å². The first-order valence-corrected chi connectivity index (χ1v) is 5.74. The Hall–Kier alpha value is -0.180. The van der Waals surface area contributed by atoms with E-state index in [0.717, 1.165) is 11.7 Å². The third-order valence-electron chi connectivity index (χ3n) is 2.51. The summed E-state index contributed by atoms with van der Waals surface area (Å²) in [6, 6.07) is 0. The molecule has 1 aliphatic rings. The van der Waals surface area contributed by atoms with E-state index < -0.39 is 0 Å². The Balaban J connectivity index is 2.01. The number of nitrogens with two attached hydrogens (primary N) is 1. The van der Waals surface area contributed by atoms with Crippen molar-refractivity contribution in [1.82, 2.24) is 0 Å². The van der Waals surface area contributed by atoms with E-state index in [1.54, 1.807) is 0 Å².